The molecule has 1 amide bonds. The van der Waals surface area contributed by atoms with E-state index in [-0.39, 0.29) is 18.2 Å². The molecule has 0 spiro atoms. The van der Waals surface area contributed by atoms with Crippen LogP contribution >= 0.6 is 0 Å². The topological polar surface area (TPSA) is 67.2 Å². The number of likely N-dealkylation sites (N-methyl/N-ethyl adjacent to an activating group) is 1. The third-order valence-electron chi connectivity index (χ3n) is 2.43. The van der Waals surface area contributed by atoms with Crippen molar-refractivity contribution in [1.29, 1.82) is 0 Å². The van der Waals surface area contributed by atoms with E-state index >= 15 is 0 Å². The van der Waals surface area contributed by atoms with E-state index in [1.807, 2.05) is 0 Å². The van der Waals surface area contributed by atoms with Gasteiger partial charge in [0.25, 0.3) is 0 Å². The first-order valence-electron chi connectivity index (χ1n) is 5.22. The lowest BCUT2D eigenvalue weighted by atomic mass is 10.2. The van der Waals surface area contributed by atoms with Crippen molar-refractivity contribution < 1.29 is 9.90 Å². The van der Waals surface area contributed by atoms with Crippen molar-refractivity contribution in [2.24, 2.45) is 0 Å². The van der Waals surface area contributed by atoms with Crippen LogP contribution in [0.1, 0.15) is 0 Å². The predicted molar refractivity (Wildman–Crippen MR) is 63.4 cm³/mol. The first-order valence-corrected chi connectivity index (χ1v) is 5.22. The average molecular weight is 231 g/mol. The van der Waals surface area contributed by atoms with Gasteiger partial charge in [-0.3, -0.25) is 4.79 Å². The summed E-state index contributed by atoms with van der Waals surface area (Å²) in [7, 11) is 1.60. The number of hydrogen-bond acceptors (Lipinski definition) is 3. The number of rotatable bonds is 3. The third-order valence-corrected chi connectivity index (χ3v) is 2.43. The van der Waals surface area contributed by atoms with Crippen molar-refractivity contribution in [3.8, 4) is 17.1 Å². The Morgan fingerprint density at radius 2 is 2.12 bits per heavy atom. The molecule has 1 aromatic carbocycles. The van der Waals surface area contributed by atoms with Crippen LogP contribution in [0.4, 0.5) is 0 Å². The highest BCUT2D eigenvalue weighted by molar-refractivity contribution is 5.76. The second-order valence-electron chi connectivity index (χ2n) is 3.60. The number of carbonyl (C=O) groups is 1. The Kier molecular flexibility index (Phi) is 3.09. The maximum Gasteiger partial charge on any atom is 0.239 e. The highest BCUT2D eigenvalue weighted by atomic mass is 16.3. The number of phenols is 1. The van der Waals surface area contributed by atoms with Crippen molar-refractivity contribution in [2.45, 2.75) is 6.54 Å². The summed E-state index contributed by atoms with van der Waals surface area (Å²) in [5, 5.41) is 11.8. The summed E-state index contributed by atoms with van der Waals surface area (Å²) in [6, 6.07) is 6.71. The van der Waals surface area contributed by atoms with E-state index in [1.165, 1.54) is 0 Å². The summed E-state index contributed by atoms with van der Waals surface area (Å²) >= 11 is 0. The maximum atomic E-state index is 11.3. The molecule has 0 aliphatic rings. The van der Waals surface area contributed by atoms with Gasteiger partial charge in [-0.2, -0.15) is 0 Å². The minimum atomic E-state index is -0.0805. The maximum absolute atomic E-state index is 11.3. The zero-order valence-electron chi connectivity index (χ0n) is 9.42. The minimum absolute atomic E-state index is 0.0805. The van der Waals surface area contributed by atoms with Gasteiger partial charge in [-0.05, 0) is 24.3 Å². The third kappa shape index (κ3) is 2.44. The molecule has 1 heterocycles. The molecule has 0 saturated heterocycles. The molecule has 0 bridgehead atoms. The number of imidazole rings is 1. The second kappa shape index (κ2) is 4.69. The quantitative estimate of drug-likeness (QED) is 0.828. The summed E-state index contributed by atoms with van der Waals surface area (Å²) in [5.74, 6) is 0.829. The zero-order valence-corrected chi connectivity index (χ0v) is 9.42. The fourth-order valence-electron chi connectivity index (χ4n) is 1.54. The smallest absolute Gasteiger partial charge is 0.239 e. The molecule has 0 aliphatic heterocycles. The van der Waals surface area contributed by atoms with Gasteiger partial charge < -0.3 is 15.0 Å². The highest BCUT2D eigenvalue weighted by Gasteiger charge is 2.08. The molecule has 5 nitrogen and oxygen atoms in total. The van der Waals surface area contributed by atoms with E-state index in [4.69, 9.17) is 0 Å². The van der Waals surface area contributed by atoms with Crippen molar-refractivity contribution in [2.75, 3.05) is 7.05 Å². The molecule has 0 aliphatic carbocycles. The number of amides is 1. The van der Waals surface area contributed by atoms with Gasteiger partial charge in [-0.1, -0.05) is 0 Å². The van der Waals surface area contributed by atoms with Gasteiger partial charge in [0, 0.05) is 25.0 Å². The number of aromatic nitrogens is 2. The van der Waals surface area contributed by atoms with Crippen LogP contribution < -0.4 is 5.32 Å². The van der Waals surface area contributed by atoms with Crippen LogP contribution in [0.5, 0.6) is 5.75 Å². The Balaban J connectivity index is 2.30. The van der Waals surface area contributed by atoms with Gasteiger partial charge >= 0.3 is 0 Å². The fraction of sp³-hybridized carbons (Fsp3) is 0.167. The normalized spacial score (nSPS) is 10.2. The minimum Gasteiger partial charge on any atom is -0.508 e. The Hall–Kier alpha value is -2.30. The number of benzene rings is 1. The number of aromatic hydroxyl groups is 1. The molecule has 88 valence electrons. The van der Waals surface area contributed by atoms with Gasteiger partial charge in [-0.15, -0.1) is 0 Å². The van der Waals surface area contributed by atoms with E-state index in [0.717, 1.165) is 5.56 Å². The van der Waals surface area contributed by atoms with E-state index in [0.29, 0.717) is 5.82 Å². The molecular formula is C12H13N3O2. The van der Waals surface area contributed by atoms with Gasteiger partial charge in [-0.25, -0.2) is 4.98 Å². The van der Waals surface area contributed by atoms with Gasteiger partial charge in [0.2, 0.25) is 5.91 Å². The summed E-state index contributed by atoms with van der Waals surface area (Å²) in [5.41, 5.74) is 0.858. The first kappa shape index (κ1) is 11.2. The Bertz CT molecular complexity index is 517. The average Bonchev–Trinajstić information content (AvgIpc) is 2.78. The molecule has 2 rings (SSSR count). The van der Waals surface area contributed by atoms with Crippen LogP contribution in [-0.2, 0) is 11.3 Å². The van der Waals surface area contributed by atoms with Crippen LogP contribution in [0, 0.1) is 0 Å². The molecule has 0 saturated carbocycles. The standard InChI is InChI=1S/C12H13N3O2/c1-13-11(17)8-15-7-6-14-12(15)9-2-4-10(16)5-3-9/h2-7,16H,8H2,1H3,(H,13,17). The monoisotopic (exact) mass is 231 g/mol. The number of hydrogen-bond donors (Lipinski definition) is 2. The molecule has 0 unspecified atom stereocenters. The largest absolute Gasteiger partial charge is 0.508 e. The molecule has 0 fully saturated rings. The lowest BCUT2D eigenvalue weighted by Gasteiger charge is -2.06. The summed E-state index contributed by atoms with van der Waals surface area (Å²) in [6.45, 7) is 0.229. The number of nitrogens with one attached hydrogen (secondary N) is 1. The summed E-state index contributed by atoms with van der Waals surface area (Å²) < 4.78 is 1.76. The number of carbonyl (C=O) groups excluding carboxylic acids is 1. The van der Waals surface area contributed by atoms with Crippen LogP contribution in [0.25, 0.3) is 11.4 Å². The molecule has 5 heteroatoms. The predicted octanol–water partition coefficient (Wildman–Crippen LogP) is 1.00. The number of nitrogens with zero attached hydrogens (tertiary/aromatic N) is 2. The zero-order chi connectivity index (χ0) is 12.3. The van der Waals surface area contributed by atoms with E-state index in [2.05, 4.69) is 10.3 Å². The first-order chi connectivity index (χ1) is 8.20. The molecule has 17 heavy (non-hydrogen) atoms. The van der Waals surface area contributed by atoms with Gasteiger partial charge in [0.05, 0.1) is 0 Å². The Morgan fingerprint density at radius 1 is 1.41 bits per heavy atom. The van der Waals surface area contributed by atoms with Gasteiger partial charge in [0.15, 0.2) is 0 Å². The lowest BCUT2D eigenvalue weighted by molar-refractivity contribution is -0.121. The Morgan fingerprint density at radius 3 is 2.76 bits per heavy atom. The number of phenolic OH excluding ortho intramolecular Hbond substituents is 1. The van der Waals surface area contributed by atoms with Crippen molar-refractivity contribution in [3.63, 3.8) is 0 Å². The van der Waals surface area contributed by atoms with E-state index in [9.17, 15) is 9.90 Å². The van der Waals surface area contributed by atoms with E-state index < -0.39 is 0 Å². The Labute approximate surface area is 98.7 Å². The van der Waals surface area contributed by atoms with Crippen LogP contribution in [-0.4, -0.2) is 27.6 Å². The van der Waals surface area contributed by atoms with E-state index in [1.54, 1.807) is 48.3 Å². The molecule has 2 N–H and O–H groups in total. The highest BCUT2D eigenvalue weighted by Crippen LogP contribution is 2.20. The SMILES string of the molecule is CNC(=O)Cn1ccnc1-c1ccc(O)cc1. The summed E-state index contributed by atoms with van der Waals surface area (Å²) in [4.78, 5) is 15.5. The fourth-order valence-corrected chi connectivity index (χ4v) is 1.54. The second-order valence-corrected chi connectivity index (χ2v) is 3.60. The van der Waals surface area contributed by atoms with Crippen molar-refractivity contribution in [3.05, 3.63) is 36.7 Å². The molecular weight excluding hydrogens is 218 g/mol. The molecule has 1 aromatic heterocycles. The summed E-state index contributed by atoms with van der Waals surface area (Å²) in [6.07, 6.45) is 3.39. The molecule has 2 aromatic rings. The molecule has 0 radical (unpaired) electrons. The van der Waals surface area contributed by atoms with Crippen molar-refractivity contribution >= 4 is 5.91 Å². The van der Waals surface area contributed by atoms with Crippen molar-refractivity contribution in [1.82, 2.24) is 14.9 Å². The van der Waals surface area contributed by atoms with Crippen LogP contribution in [0.3, 0.4) is 0 Å². The lowest BCUT2D eigenvalue weighted by Crippen LogP contribution is -2.23. The van der Waals surface area contributed by atoms with Gasteiger partial charge in [0.1, 0.15) is 18.1 Å². The van der Waals surface area contributed by atoms with Crippen LogP contribution in [0.2, 0.25) is 0 Å². The van der Waals surface area contributed by atoms with Crippen LogP contribution in [0.15, 0.2) is 36.7 Å². The molecule has 0 atom stereocenters.